The lowest BCUT2D eigenvalue weighted by atomic mass is 9.84. The minimum Gasteiger partial charge on any atom is -0.398 e. The minimum absolute atomic E-state index is 0.165. The van der Waals surface area contributed by atoms with Gasteiger partial charge in [-0.1, -0.05) is 0 Å². The quantitative estimate of drug-likeness (QED) is 0.782. The van der Waals surface area contributed by atoms with Crippen molar-refractivity contribution in [2.24, 2.45) is 0 Å². The molecule has 0 amide bonds. The molecule has 0 radical (unpaired) electrons. The van der Waals surface area contributed by atoms with Gasteiger partial charge >= 0.3 is 7.12 Å². The van der Waals surface area contributed by atoms with Crippen LogP contribution in [0.1, 0.15) is 52.4 Å². The van der Waals surface area contributed by atoms with E-state index in [0.29, 0.717) is 22.6 Å². The van der Waals surface area contributed by atoms with Crippen molar-refractivity contribution in [2.75, 3.05) is 0 Å². The van der Waals surface area contributed by atoms with Crippen molar-refractivity contribution in [2.45, 2.75) is 70.6 Å². The summed E-state index contributed by atoms with van der Waals surface area (Å²) in [4.78, 5) is 9.13. The molecule has 2 aromatic heterocycles. The highest BCUT2D eigenvalue weighted by molar-refractivity contribution is 6.61. The van der Waals surface area contributed by atoms with Crippen LogP contribution in [-0.4, -0.2) is 38.8 Å². The van der Waals surface area contributed by atoms with Crippen LogP contribution in [0.2, 0.25) is 0 Å². The summed E-state index contributed by atoms with van der Waals surface area (Å²) in [6.07, 6.45) is -0.330. The van der Waals surface area contributed by atoms with Gasteiger partial charge in [-0.2, -0.15) is 0 Å². The molecule has 2 aliphatic rings. The summed E-state index contributed by atoms with van der Waals surface area (Å²) in [6.45, 7) is 9.76. The van der Waals surface area contributed by atoms with Crippen LogP contribution in [0.4, 0.5) is 8.78 Å². The van der Waals surface area contributed by atoms with Crippen LogP contribution in [-0.2, 0) is 9.31 Å². The van der Waals surface area contributed by atoms with Gasteiger partial charge in [0.15, 0.2) is 5.65 Å². The molecular formula is C17H22BF2N3O2. The number of pyridine rings is 1. The van der Waals surface area contributed by atoms with E-state index in [4.69, 9.17) is 9.31 Å². The predicted molar refractivity (Wildman–Crippen MR) is 91.2 cm³/mol. The third kappa shape index (κ3) is 2.57. The molecule has 8 heteroatoms. The number of rotatable bonds is 2. The smallest absolute Gasteiger partial charge is 0.398 e. The van der Waals surface area contributed by atoms with Crippen molar-refractivity contribution in [1.29, 1.82) is 0 Å². The maximum absolute atomic E-state index is 13.3. The maximum atomic E-state index is 13.3. The van der Waals surface area contributed by atoms with E-state index in [9.17, 15) is 8.78 Å². The Morgan fingerprint density at radius 1 is 1.08 bits per heavy atom. The van der Waals surface area contributed by atoms with Crippen LogP contribution >= 0.6 is 0 Å². The van der Waals surface area contributed by atoms with E-state index in [0.717, 1.165) is 0 Å². The zero-order chi connectivity index (χ0) is 18.2. The molecule has 5 nitrogen and oxygen atoms in total. The number of halogens is 2. The zero-order valence-corrected chi connectivity index (χ0v) is 15.1. The van der Waals surface area contributed by atoms with Gasteiger partial charge in [0.1, 0.15) is 11.3 Å². The summed E-state index contributed by atoms with van der Waals surface area (Å²) in [6, 6.07) is 3.42. The van der Waals surface area contributed by atoms with E-state index in [1.54, 1.807) is 0 Å². The molecule has 1 aliphatic heterocycles. The first-order chi connectivity index (χ1) is 11.5. The van der Waals surface area contributed by atoms with Crippen molar-refractivity contribution in [3.63, 3.8) is 0 Å². The molecule has 0 unspecified atom stereocenters. The van der Waals surface area contributed by atoms with Crippen LogP contribution in [0.15, 0.2) is 12.1 Å². The molecule has 0 N–H and O–H groups in total. The number of alkyl halides is 2. The second-order valence-corrected chi connectivity index (χ2v) is 8.11. The van der Waals surface area contributed by atoms with Gasteiger partial charge < -0.3 is 13.9 Å². The fourth-order valence-corrected chi connectivity index (χ4v) is 3.45. The Morgan fingerprint density at radius 3 is 2.24 bits per heavy atom. The van der Waals surface area contributed by atoms with Crippen molar-refractivity contribution < 1.29 is 18.1 Å². The lowest BCUT2D eigenvalue weighted by Crippen LogP contribution is -2.41. The molecule has 4 rings (SSSR count). The number of aromatic nitrogens is 3. The van der Waals surface area contributed by atoms with Gasteiger partial charge in [0.25, 0.3) is 5.92 Å². The molecule has 134 valence electrons. The van der Waals surface area contributed by atoms with Crippen LogP contribution < -0.4 is 5.59 Å². The summed E-state index contributed by atoms with van der Waals surface area (Å²) in [7, 11) is -0.583. The molecule has 1 aliphatic carbocycles. The van der Waals surface area contributed by atoms with Crippen LogP contribution in [0.5, 0.6) is 0 Å². The summed E-state index contributed by atoms with van der Waals surface area (Å²) in [5.74, 6) is -1.88. The number of hydrogen-bond donors (Lipinski definition) is 0. The van der Waals surface area contributed by atoms with Crippen LogP contribution in [0, 0.1) is 6.92 Å². The molecule has 0 spiro atoms. The summed E-state index contributed by atoms with van der Waals surface area (Å²) in [5, 5.41) is 0. The van der Waals surface area contributed by atoms with E-state index >= 15 is 0 Å². The standard InChI is InChI=1S/C17H22BF2N3O2/c1-10-21-12-6-7-13(18-24-15(2,3)16(4,5)25-18)22-14(12)23(10)11-8-17(19,20)9-11/h6-7,11H,8-9H2,1-5H3. The van der Waals surface area contributed by atoms with E-state index in [1.165, 1.54) is 0 Å². The van der Waals surface area contributed by atoms with Gasteiger partial charge in [-0.15, -0.1) is 0 Å². The minimum atomic E-state index is -2.59. The Balaban J connectivity index is 1.71. The van der Waals surface area contributed by atoms with Crippen molar-refractivity contribution in [3.05, 3.63) is 18.0 Å². The van der Waals surface area contributed by atoms with E-state index in [1.807, 2.05) is 51.3 Å². The molecule has 1 saturated heterocycles. The van der Waals surface area contributed by atoms with Crippen LogP contribution in [0.3, 0.4) is 0 Å². The molecule has 2 fully saturated rings. The summed E-state index contributed by atoms with van der Waals surface area (Å²) < 4.78 is 40.5. The predicted octanol–water partition coefficient (Wildman–Crippen LogP) is 3.01. The fraction of sp³-hybridized carbons (Fsp3) is 0.647. The SMILES string of the molecule is Cc1nc2ccc(B3OC(C)(C)C(C)(C)O3)nc2n1C1CC(F)(F)C1. The number of hydrogen-bond acceptors (Lipinski definition) is 4. The Bertz CT molecular complexity index is 826. The van der Waals surface area contributed by atoms with Crippen LogP contribution in [0.25, 0.3) is 11.2 Å². The number of aryl methyl sites for hydroxylation is 1. The third-order valence-corrected chi connectivity index (χ3v) is 5.66. The zero-order valence-electron chi connectivity index (χ0n) is 15.1. The topological polar surface area (TPSA) is 49.2 Å². The first kappa shape index (κ1) is 16.9. The number of imidazole rings is 1. The van der Waals surface area contributed by atoms with Crippen molar-refractivity contribution in [1.82, 2.24) is 14.5 Å². The summed E-state index contributed by atoms with van der Waals surface area (Å²) in [5.41, 5.74) is 1.04. The van der Waals surface area contributed by atoms with Gasteiger partial charge in [-0.3, -0.25) is 0 Å². The number of fused-ring (bicyclic) bond motifs is 1. The van der Waals surface area contributed by atoms with Gasteiger partial charge in [0, 0.05) is 18.9 Å². The second-order valence-electron chi connectivity index (χ2n) is 8.11. The highest BCUT2D eigenvalue weighted by Crippen LogP contribution is 2.46. The monoisotopic (exact) mass is 349 g/mol. The normalized spacial score (nSPS) is 24.7. The van der Waals surface area contributed by atoms with Gasteiger partial charge in [-0.05, 0) is 46.8 Å². The Morgan fingerprint density at radius 2 is 1.68 bits per heavy atom. The second kappa shape index (κ2) is 5.01. The lowest BCUT2D eigenvalue weighted by Gasteiger charge is -2.36. The lowest BCUT2D eigenvalue weighted by molar-refractivity contribution is -0.103. The van der Waals surface area contributed by atoms with Gasteiger partial charge in [0.05, 0.1) is 16.8 Å². The largest absolute Gasteiger partial charge is 0.514 e. The average Bonchev–Trinajstić information content (AvgIpc) is 2.88. The third-order valence-electron chi connectivity index (χ3n) is 5.66. The van der Waals surface area contributed by atoms with Crippen molar-refractivity contribution in [3.8, 4) is 0 Å². The fourth-order valence-electron chi connectivity index (χ4n) is 3.45. The van der Waals surface area contributed by atoms with Gasteiger partial charge in [-0.25, -0.2) is 18.7 Å². The van der Waals surface area contributed by atoms with E-state index < -0.39 is 24.2 Å². The summed E-state index contributed by atoms with van der Waals surface area (Å²) >= 11 is 0. The molecule has 0 aromatic carbocycles. The number of nitrogens with zero attached hydrogens (tertiary/aromatic N) is 3. The molecule has 3 heterocycles. The Kier molecular flexibility index (Phi) is 3.39. The highest BCUT2D eigenvalue weighted by atomic mass is 19.3. The molecule has 0 atom stereocenters. The maximum Gasteiger partial charge on any atom is 0.514 e. The Labute approximate surface area is 145 Å². The average molecular weight is 349 g/mol. The first-order valence-corrected chi connectivity index (χ1v) is 8.58. The van der Waals surface area contributed by atoms with Gasteiger partial charge in [0.2, 0.25) is 0 Å². The van der Waals surface area contributed by atoms with E-state index in [-0.39, 0.29) is 18.9 Å². The Hall–Kier alpha value is -1.54. The van der Waals surface area contributed by atoms with Crippen molar-refractivity contribution >= 4 is 23.9 Å². The molecule has 25 heavy (non-hydrogen) atoms. The first-order valence-electron chi connectivity index (χ1n) is 8.58. The molecule has 0 bridgehead atoms. The van der Waals surface area contributed by atoms with E-state index in [2.05, 4.69) is 9.97 Å². The molecular weight excluding hydrogens is 327 g/mol. The molecule has 1 saturated carbocycles. The molecule has 2 aromatic rings. The highest BCUT2D eigenvalue weighted by Gasteiger charge is 2.52.